The van der Waals surface area contributed by atoms with Gasteiger partial charge in [-0.05, 0) is 42.7 Å². The minimum absolute atomic E-state index is 0.225. The zero-order chi connectivity index (χ0) is 20.2. The second-order valence-corrected chi connectivity index (χ2v) is 6.90. The van der Waals surface area contributed by atoms with Gasteiger partial charge in [0.05, 0.1) is 0 Å². The molecular weight excluding hydrogens is 378 g/mol. The second-order valence-electron chi connectivity index (χ2n) is 6.90. The fraction of sp³-hybridized carbons (Fsp3) is 0.273. The third-order valence-corrected chi connectivity index (χ3v) is 4.56. The maximum absolute atomic E-state index is 12.8. The van der Waals surface area contributed by atoms with E-state index in [2.05, 4.69) is 10.3 Å². The summed E-state index contributed by atoms with van der Waals surface area (Å²) in [5, 5.41) is 2.83. The van der Waals surface area contributed by atoms with Gasteiger partial charge in [0.15, 0.2) is 5.69 Å². The van der Waals surface area contributed by atoms with Gasteiger partial charge in [-0.15, -0.1) is 0 Å². The summed E-state index contributed by atoms with van der Waals surface area (Å²) in [4.78, 5) is 17.2. The monoisotopic (exact) mass is 398 g/mol. The van der Waals surface area contributed by atoms with Gasteiger partial charge in [-0.25, -0.2) is 13.8 Å². The fourth-order valence-electron chi connectivity index (χ4n) is 2.99. The van der Waals surface area contributed by atoms with Crippen LogP contribution in [0.25, 0.3) is 11.5 Å². The molecule has 0 radical (unpaired) electrons. The van der Waals surface area contributed by atoms with Crippen molar-refractivity contribution in [2.75, 3.05) is 6.61 Å². The summed E-state index contributed by atoms with van der Waals surface area (Å²) in [5.74, 6) is 1.29. The maximum Gasteiger partial charge on any atom is 0.273 e. The van der Waals surface area contributed by atoms with Gasteiger partial charge in [-0.1, -0.05) is 30.3 Å². The molecule has 1 aliphatic rings. The van der Waals surface area contributed by atoms with Crippen molar-refractivity contribution in [3.8, 4) is 17.2 Å². The van der Waals surface area contributed by atoms with Gasteiger partial charge >= 0.3 is 0 Å². The smallest absolute Gasteiger partial charge is 0.273 e. The molecule has 29 heavy (non-hydrogen) atoms. The highest BCUT2D eigenvalue weighted by Gasteiger charge is 2.34. The number of ether oxygens (including phenoxy) is 1. The number of halogens is 2. The molecule has 1 N–H and O–H groups in total. The van der Waals surface area contributed by atoms with E-state index in [-0.39, 0.29) is 18.4 Å². The molecule has 1 heterocycles. The van der Waals surface area contributed by atoms with Crippen LogP contribution >= 0.6 is 0 Å². The number of carbonyl (C=O) groups is 1. The molecule has 4 rings (SSSR count). The van der Waals surface area contributed by atoms with Crippen LogP contribution in [0.5, 0.6) is 5.75 Å². The minimum atomic E-state index is -2.54. The van der Waals surface area contributed by atoms with Crippen LogP contribution in [-0.2, 0) is 6.54 Å². The molecule has 5 nitrogen and oxygen atoms in total. The predicted octanol–water partition coefficient (Wildman–Crippen LogP) is 4.79. The Labute approximate surface area is 166 Å². The fourth-order valence-corrected chi connectivity index (χ4v) is 2.99. The molecule has 150 valence electrons. The van der Waals surface area contributed by atoms with Crippen molar-refractivity contribution in [1.82, 2.24) is 10.3 Å². The van der Waals surface area contributed by atoms with Gasteiger partial charge in [-0.2, -0.15) is 0 Å². The van der Waals surface area contributed by atoms with Crippen molar-refractivity contribution in [2.45, 2.75) is 31.7 Å². The second kappa shape index (κ2) is 8.43. The first-order valence-electron chi connectivity index (χ1n) is 9.44. The summed E-state index contributed by atoms with van der Waals surface area (Å²) in [6, 6.07) is 16.2. The summed E-state index contributed by atoms with van der Waals surface area (Å²) in [5.41, 5.74) is 1.86. The molecule has 0 unspecified atom stereocenters. The van der Waals surface area contributed by atoms with Gasteiger partial charge in [-0.3, -0.25) is 4.79 Å². The molecule has 1 saturated carbocycles. The molecule has 0 bridgehead atoms. The number of aromatic nitrogens is 1. The number of nitrogens with zero attached hydrogens (tertiary/aromatic N) is 1. The first kappa shape index (κ1) is 19.1. The number of nitrogens with one attached hydrogen (secondary N) is 1. The summed E-state index contributed by atoms with van der Waals surface area (Å²) in [6.45, 7) is -0.440. The summed E-state index contributed by atoms with van der Waals surface area (Å²) >= 11 is 0. The quantitative estimate of drug-likeness (QED) is 0.592. The van der Waals surface area contributed by atoms with Gasteiger partial charge in [0, 0.05) is 18.0 Å². The van der Waals surface area contributed by atoms with Crippen LogP contribution in [0.4, 0.5) is 8.78 Å². The van der Waals surface area contributed by atoms with E-state index < -0.39 is 13.0 Å². The van der Waals surface area contributed by atoms with Gasteiger partial charge in [0.1, 0.15) is 18.1 Å². The van der Waals surface area contributed by atoms with E-state index >= 15 is 0 Å². The first-order valence-corrected chi connectivity index (χ1v) is 9.44. The number of hydrogen-bond donors (Lipinski definition) is 1. The molecule has 7 heteroatoms. The Morgan fingerprint density at radius 3 is 2.69 bits per heavy atom. The lowest BCUT2D eigenvalue weighted by molar-refractivity contribution is 0.0818. The molecule has 1 fully saturated rings. The first-order chi connectivity index (χ1) is 14.1. The van der Waals surface area contributed by atoms with E-state index in [1.54, 1.807) is 24.3 Å². The number of benzene rings is 2. The number of alkyl halides is 2. The highest BCUT2D eigenvalue weighted by atomic mass is 19.3. The van der Waals surface area contributed by atoms with Crippen LogP contribution in [0.1, 0.15) is 40.6 Å². The molecule has 3 aromatic rings. The zero-order valence-electron chi connectivity index (χ0n) is 15.6. The molecule has 0 spiro atoms. The van der Waals surface area contributed by atoms with Crippen LogP contribution in [0.15, 0.2) is 59.0 Å². The van der Waals surface area contributed by atoms with Crippen molar-refractivity contribution in [3.05, 3.63) is 71.6 Å². The summed E-state index contributed by atoms with van der Waals surface area (Å²) in [6.07, 6.45) is -0.578. The van der Waals surface area contributed by atoms with Gasteiger partial charge in [0.2, 0.25) is 5.89 Å². The number of rotatable bonds is 8. The lowest BCUT2D eigenvalue weighted by Crippen LogP contribution is -2.24. The van der Waals surface area contributed by atoms with E-state index in [9.17, 15) is 13.6 Å². The third kappa shape index (κ3) is 4.80. The van der Waals surface area contributed by atoms with Gasteiger partial charge in [0.25, 0.3) is 12.3 Å². The molecule has 0 aliphatic heterocycles. The van der Waals surface area contributed by atoms with E-state index in [0.29, 0.717) is 23.1 Å². The Morgan fingerprint density at radius 1 is 1.17 bits per heavy atom. The molecule has 0 saturated heterocycles. The topological polar surface area (TPSA) is 64.4 Å². The summed E-state index contributed by atoms with van der Waals surface area (Å²) < 4.78 is 35.5. The van der Waals surface area contributed by atoms with E-state index in [0.717, 1.165) is 24.0 Å². The highest BCUT2D eigenvalue weighted by Crippen LogP contribution is 2.43. The Kier molecular flexibility index (Phi) is 5.55. The van der Waals surface area contributed by atoms with E-state index in [1.807, 2.05) is 30.3 Å². The third-order valence-electron chi connectivity index (χ3n) is 4.56. The standard InChI is InChI=1S/C22H20F2N2O3/c23-18(24)13-28-17-8-4-5-14(11-17)12-25-21(27)19-20(15-9-10-15)29-22(26-19)16-6-2-1-3-7-16/h1-8,11,15,18H,9-10,12-13H2,(H,25,27). The average Bonchev–Trinajstić information content (AvgIpc) is 3.49. The summed E-state index contributed by atoms with van der Waals surface area (Å²) in [7, 11) is 0. The van der Waals surface area contributed by atoms with Crippen molar-refractivity contribution >= 4 is 5.91 Å². The largest absolute Gasteiger partial charge is 0.488 e. The van der Waals surface area contributed by atoms with E-state index in [4.69, 9.17) is 9.15 Å². The van der Waals surface area contributed by atoms with Crippen LogP contribution < -0.4 is 10.1 Å². The van der Waals surface area contributed by atoms with Crippen LogP contribution in [0, 0.1) is 0 Å². The molecule has 1 aliphatic carbocycles. The highest BCUT2D eigenvalue weighted by molar-refractivity contribution is 5.94. The number of hydrogen-bond acceptors (Lipinski definition) is 4. The normalized spacial score (nSPS) is 13.5. The molecule has 0 atom stereocenters. The molecule has 2 aromatic carbocycles. The Balaban J connectivity index is 1.46. The SMILES string of the molecule is O=C(NCc1cccc(OCC(F)F)c1)c1nc(-c2ccccc2)oc1C1CC1. The molecular formula is C22H20F2N2O3. The van der Waals surface area contributed by atoms with Crippen LogP contribution in [0.2, 0.25) is 0 Å². The number of amides is 1. The Hall–Kier alpha value is -3.22. The average molecular weight is 398 g/mol. The number of oxazole rings is 1. The van der Waals surface area contributed by atoms with Crippen molar-refractivity contribution in [2.24, 2.45) is 0 Å². The van der Waals surface area contributed by atoms with E-state index in [1.165, 1.54) is 0 Å². The number of carbonyl (C=O) groups excluding carboxylic acids is 1. The van der Waals surface area contributed by atoms with Crippen LogP contribution in [-0.4, -0.2) is 23.9 Å². The minimum Gasteiger partial charge on any atom is -0.488 e. The Bertz CT molecular complexity index is 985. The molecule has 1 amide bonds. The van der Waals surface area contributed by atoms with Crippen molar-refractivity contribution in [1.29, 1.82) is 0 Å². The lowest BCUT2D eigenvalue weighted by atomic mass is 10.2. The molecule has 1 aromatic heterocycles. The van der Waals surface area contributed by atoms with Crippen molar-refractivity contribution in [3.63, 3.8) is 0 Å². The Morgan fingerprint density at radius 2 is 1.97 bits per heavy atom. The lowest BCUT2D eigenvalue weighted by Gasteiger charge is -2.08. The predicted molar refractivity (Wildman–Crippen MR) is 103 cm³/mol. The maximum atomic E-state index is 12.8. The van der Waals surface area contributed by atoms with Gasteiger partial charge < -0.3 is 14.5 Å². The zero-order valence-corrected chi connectivity index (χ0v) is 15.6. The van der Waals surface area contributed by atoms with Crippen LogP contribution in [0.3, 0.4) is 0 Å². The van der Waals surface area contributed by atoms with Crippen molar-refractivity contribution < 1.29 is 22.7 Å².